The van der Waals surface area contributed by atoms with Crippen molar-refractivity contribution in [3.8, 4) is 0 Å². The summed E-state index contributed by atoms with van der Waals surface area (Å²) in [4.78, 5) is 21.6. The first-order valence-corrected chi connectivity index (χ1v) is 5.99. The smallest absolute Gasteiger partial charge is 0.267 e. The lowest BCUT2D eigenvalue weighted by Crippen LogP contribution is -2.24. The van der Waals surface area contributed by atoms with Crippen LogP contribution in [0.5, 0.6) is 0 Å². The number of amides is 1. The molecule has 1 aromatic heterocycles. The van der Waals surface area contributed by atoms with Crippen molar-refractivity contribution in [2.75, 3.05) is 18.0 Å². The van der Waals surface area contributed by atoms with Gasteiger partial charge in [0.2, 0.25) is 5.95 Å². The van der Waals surface area contributed by atoms with Crippen molar-refractivity contribution in [1.29, 1.82) is 0 Å². The third-order valence-electron chi connectivity index (χ3n) is 3.47. The van der Waals surface area contributed by atoms with E-state index in [0.29, 0.717) is 17.8 Å². The molecule has 1 aliphatic rings. The third kappa shape index (κ3) is 2.38. The standard InChI is InChI=1S/C12H18N4O/c1-3-9-7-16(6-8(9)2)12-14-5-4-10(15-12)11(13)17/h4-5,8-9H,3,6-7H2,1-2H3,(H2,13,17). The molecule has 5 heteroatoms. The molecule has 1 aliphatic heterocycles. The monoisotopic (exact) mass is 234 g/mol. The summed E-state index contributed by atoms with van der Waals surface area (Å²) in [6, 6.07) is 1.54. The SMILES string of the molecule is CCC1CN(c2nccc(C(N)=O)n2)CC1C. The van der Waals surface area contributed by atoms with Crippen LogP contribution < -0.4 is 10.6 Å². The fourth-order valence-electron chi connectivity index (χ4n) is 2.37. The van der Waals surface area contributed by atoms with Crippen LogP contribution in [0.1, 0.15) is 30.8 Å². The normalized spacial score (nSPS) is 24.0. The van der Waals surface area contributed by atoms with Crippen LogP contribution in [0.25, 0.3) is 0 Å². The lowest BCUT2D eigenvalue weighted by atomic mass is 9.96. The molecule has 0 spiro atoms. The highest BCUT2D eigenvalue weighted by atomic mass is 16.1. The summed E-state index contributed by atoms with van der Waals surface area (Å²) in [6.07, 6.45) is 2.75. The summed E-state index contributed by atoms with van der Waals surface area (Å²) in [5, 5.41) is 0. The summed E-state index contributed by atoms with van der Waals surface area (Å²) in [5.41, 5.74) is 5.49. The summed E-state index contributed by atoms with van der Waals surface area (Å²) in [7, 11) is 0. The molecule has 1 amide bonds. The van der Waals surface area contributed by atoms with Crippen molar-refractivity contribution in [2.45, 2.75) is 20.3 Å². The molecule has 2 rings (SSSR count). The second kappa shape index (κ2) is 4.69. The second-order valence-corrected chi connectivity index (χ2v) is 4.66. The van der Waals surface area contributed by atoms with E-state index >= 15 is 0 Å². The van der Waals surface area contributed by atoms with Crippen LogP contribution >= 0.6 is 0 Å². The van der Waals surface area contributed by atoms with Gasteiger partial charge in [-0.25, -0.2) is 9.97 Å². The molecule has 0 bridgehead atoms. The predicted octanol–water partition coefficient (Wildman–Crippen LogP) is 1.06. The average molecular weight is 234 g/mol. The number of nitrogens with zero attached hydrogens (tertiary/aromatic N) is 3. The number of carbonyl (C=O) groups excluding carboxylic acids is 1. The molecular formula is C12H18N4O. The van der Waals surface area contributed by atoms with Crippen molar-refractivity contribution < 1.29 is 4.79 Å². The van der Waals surface area contributed by atoms with Crippen LogP contribution in [-0.2, 0) is 0 Å². The Hall–Kier alpha value is -1.65. The molecule has 92 valence electrons. The summed E-state index contributed by atoms with van der Waals surface area (Å²) in [5.74, 6) is 1.42. The van der Waals surface area contributed by atoms with Crippen molar-refractivity contribution in [3.63, 3.8) is 0 Å². The number of carbonyl (C=O) groups is 1. The number of hydrogen-bond acceptors (Lipinski definition) is 4. The topological polar surface area (TPSA) is 72.1 Å². The highest BCUT2D eigenvalue weighted by Gasteiger charge is 2.29. The maximum absolute atomic E-state index is 11.1. The first kappa shape index (κ1) is 11.8. The van der Waals surface area contributed by atoms with Crippen molar-refractivity contribution in [3.05, 3.63) is 18.0 Å². The minimum Gasteiger partial charge on any atom is -0.364 e. The molecule has 2 heterocycles. The molecule has 1 fully saturated rings. The lowest BCUT2D eigenvalue weighted by molar-refractivity contribution is 0.0995. The number of aromatic nitrogens is 2. The van der Waals surface area contributed by atoms with Crippen LogP contribution in [0.2, 0.25) is 0 Å². The van der Waals surface area contributed by atoms with Crippen molar-refractivity contribution in [1.82, 2.24) is 9.97 Å². The number of hydrogen-bond donors (Lipinski definition) is 1. The minimum atomic E-state index is -0.507. The van der Waals surface area contributed by atoms with Gasteiger partial charge in [-0.05, 0) is 17.9 Å². The van der Waals surface area contributed by atoms with Gasteiger partial charge >= 0.3 is 0 Å². The molecule has 2 unspecified atom stereocenters. The second-order valence-electron chi connectivity index (χ2n) is 4.66. The average Bonchev–Trinajstić information content (AvgIpc) is 2.71. The first-order chi connectivity index (χ1) is 8.11. The van der Waals surface area contributed by atoms with E-state index in [2.05, 4.69) is 28.7 Å². The molecule has 0 aliphatic carbocycles. The van der Waals surface area contributed by atoms with Gasteiger partial charge in [0.1, 0.15) is 5.69 Å². The molecule has 2 N–H and O–H groups in total. The fraction of sp³-hybridized carbons (Fsp3) is 0.583. The number of anilines is 1. The Morgan fingerprint density at radius 1 is 1.59 bits per heavy atom. The van der Waals surface area contributed by atoms with Gasteiger partial charge in [-0.15, -0.1) is 0 Å². The highest BCUT2D eigenvalue weighted by molar-refractivity contribution is 5.90. The zero-order valence-corrected chi connectivity index (χ0v) is 10.3. The van der Waals surface area contributed by atoms with Gasteiger partial charge < -0.3 is 10.6 Å². The van der Waals surface area contributed by atoms with E-state index in [-0.39, 0.29) is 5.69 Å². The Balaban J connectivity index is 2.18. The van der Waals surface area contributed by atoms with Crippen LogP contribution in [-0.4, -0.2) is 29.0 Å². The molecule has 2 atom stereocenters. The molecular weight excluding hydrogens is 216 g/mol. The van der Waals surface area contributed by atoms with Crippen LogP contribution in [0.15, 0.2) is 12.3 Å². The maximum Gasteiger partial charge on any atom is 0.267 e. The number of nitrogens with two attached hydrogens (primary N) is 1. The Morgan fingerprint density at radius 2 is 2.35 bits per heavy atom. The predicted molar refractivity (Wildman–Crippen MR) is 65.7 cm³/mol. The zero-order chi connectivity index (χ0) is 12.4. The molecule has 0 radical (unpaired) electrons. The molecule has 0 saturated carbocycles. The maximum atomic E-state index is 11.1. The molecule has 1 saturated heterocycles. The molecule has 17 heavy (non-hydrogen) atoms. The van der Waals surface area contributed by atoms with Crippen molar-refractivity contribution >= 4 is 11.9 Å². The first-order valence-electron chi connectivity index (χ1n) is 5.99. The van der Waals surface area contributed by atoms with Crippen LogP contribution in [0.3, 0.4) is 0 Å². The lowest BCUT2D eigenvalue weighted by Gasteiger charge is -2.15. The van der Waals surface area contributed by atoms with Gasteiger partial charge in [0, 0.05) is 19.3 Å². The Labute approximate surface area is 101 Å². The summed E-state index contributed by atoms with van der Waals surface area (Å²) in [6.45, 7) is 6.35. The van der Waals surface area contributed by atoms with E-state index < -0.39 is 5.91 Å². The van der Waals surface area contributed by atoms with E-state index in [1.165, 1.54) is 0 Å². The Bertz CT molecular complexity index is 421. The summed E-state index contributed by atoms with van der Waals surface area (Å²) >= 11 is 0. The van der Waals surface area contributed by atoms with E-state index in [4.69, 9.17) is 5.73 Å². The molecule has 0 aromatic carbocycles. The van der Waals surface area contributed by atoms with E-state index in [9.17, 15) is 4.79 Å². The third-order valence-corrected chi connectivity index (χ3v) is 3.47. The Kier molecular flexibility index (Phi) is 3.26. The van der Waals surface area contributed by atoms with Gasteiger partial charge in [0.15, 0.2) is 0 Å². The van der Waals surface area contributed by atoms with Gasteiger partial charge in [0.05, 0.1) is 0 Å². The molecule has 5 nitrogen and oxygen atoms in total. The summed E-state index contributed by atoms with van der Waals surface area (Å²) < 4.78 is 0. The molecule has 1 aromatic rings. The highest BCUT2D eigenvalue weighted by Crippen LogP contribution is 2.27. The number of primary amides is 1. The fourth-order valence-corrected chi connectivity index (χ4v) is 2.37. The van der Waals surface area contributed by atoms with Crippen LogP contribution in [0, 0.1) is 11.8 Å². The quantitative estimate of drug-likeness (QED) is 0.848. The Morgan fingerprint density at radius 3 is 2.94 bits per heavy atom. The minimum absolute atomic E-state index is 0.280. The van der Waals surface area contributed by atoms with Crippen LogP contribution in [0.4, 0.5) is 5.95 Å². The number of rotatable bonds is 3. The van der Waals surface area contributed by atoms with Gasteiger partial charge in [-0.3, -0.25) is 4.79 Å². The zero-order valence-electron chi connectivity index (χ0n) is 10.3. The van der Waals surface area contributed by atoms with E-state index in [1.54, 1.807) is 12.3 Å². The largest absolute Gasteiger partial charge is 0.364 e. The van der Waals surface area contributed by atoms with E-state index in [0.717, 1.165) is 19.5 Å². The van der Waals surface area contributed by atoms with Gasteiger partial charge in [-0.2, -0.15) is 0 Å². The van der Waals surface area contributed by atoms with E-state index in [1.807, 2.05) is 0 Å². The van der Waals surface area contributed by atoms with Crippen molar-refractivity contribution in [2.24, 2.45) is 17.6 Å². The van der Waals surface area contributed by atoms with Gasteiger partial charge in [0.25, 0.3) is 5.91 Å². The van der Waals surface area contributed by atoms with Gasteiger partial charge in [-0.1, -0.05) is 20.3 Å².